The summed E-state index contributed by atoms with van der Waals surface area (Å²) in [6.07, 6.45) is 4.40. The number of hydrogen-bond donors (Lipinski definition) is 4. The first-order valence-corrected chi connectivity index (χ1v) is 8.91. The van der Waals surface area contributed by atoms with Crippen LogP contribution in [0.1, 0.15) is 42.9 Å². The highest BCUT2D eigenvalue weighted by Crippen LogP contribution is 2.30. The van der Waals surface area contributed by atoms with E-state index in [1.54, 1.807) is 0 Å². The Labute approximate surface area is 166 Å². The van der Waals surface area contributed by atoms with E-state index in [0.29, 0.717) is 11.6 Å². The molecule has 0 spiro atoms. The molecule has 0 saturated carbocycles. The number of benzene rings is 2. The molecule has 1 saturated heterocycles. The molecule has 1 heterocycles. The minimum Gasteiger partial charge on any atom is -0.508 e. The summed E-state index contributed by atoms with van der Waals surface area (Å²) in [5, 5.41) is 33.4. The maximum Gasteiger partial charge on any atom is 0.119 e. The van der Waals surface area contributed by atoms with Gasteiger partial charge in [0.25, 0.3) is 0 Å². The third-order valence-electron chi connectivity index (χ3n) is 4.79. The van der Waals surface area contributed by atoms with Crippen LogP contribution < -0.4 is 5.32 Å². The Kier molecular flexibility index (Phi) is 9.86. The van der Waals surface area contributed by atoms with Crippen LogP contribution in [0, 0.1) is 0 Å². The lowest BCUT2D eigenvalue weighted by Gasteiger charge is -2.34. The molecule has 0 amide bonds. The van der Waals surface area contributed by atoms with Gasteiger partial charge >= 0.3 is 0 Å². The average molecular weight is 394 g/mol. The molecule has 6 heteroatoms. The van der Waals surface area contributed by atoms with E-state index >= 15 is 0 Å². The topological polar surface area (TPSA) is 89.8 Å². The molecule has 5 nitrogen and oxygen atoms in total. The molecule has 1 aliphatic heterocycles. The lowest BCUT2D eigenvalue weighted by molar-refractivity contribution is -0.0979. The molecule has 1 fully saturated rings. The Bertz CT molecular complexity index is 663. The molecule has 0 aliphatic carbocycles. The van der Waals surface area contributed by atoms with Crippen LogP contribution in [0.15, 0.2) is 48.5 Å². The molecular weight excluding hydrogens is 366 g/mol. The Hall–Kier alpha value is -2.08. The zero-order valence-electron chi connectivity index (χ0n) is 15.3. The number of piperidine rings is 1. The molecule has 2 aromatic carbocycles. The van der Waals surface area contributed by atoms with Crippen molar-refractivity contribution in [2.24, 2.45) is 0 Å². The summed E-state index contributed by atoms with van der Waals surface area (Å²) in [5.74, 6) is -0.0547. The second-order valence-corrected chi connectivity index (χ2v) is 6.65. The van der Waals surface area contributed by atoms with Crippen molar-refractivity contribution in [2.75, 3.05) is 0 Å². The predicted octanol–water partition coefficient (Wildman–Crippen LogP) is 3.51. The van der Waals surface area contributed by atoms with Crippen molar-refractivity contribution >= 4 is 19.2 Å². The van der Waals surface area contributed by atoms with Crippen LogP contribution in [-0.2, 0) is 11.2 Å². The molecule has 27 heavy (non-hydrogen) atoms. The van der Waals surface area contributed by atoms with Crippen molar-refractivity contribution < 1.29 is 20.1 Å². The molecule has 0 bridgehead atoms. The zero-order chi connectivity index (χ0) is 18.9. The highest BCUT2D eigenvalue weighted by atomic mass is 35.5. The Balaban J connectivity index is 0.00000118. The molecule has 0 aromatic heterocycles. The van der Waals surface area contributed by atoms with Crippen LogP contribution in [0.2, 0.25) is 0 Å². The van der Waals surface area contributed by atoms with Crippen LogP contribution in [0.4, 0.5) is 0 Å². The van der Waals surface area contributed by atoms with E-state index in [2.05, 4.69) is 29.6 Å². The molecule has 3 rings (SSSR count). The summed E-state index contributed by atoms with van der Waals surface area (Å²) < 4.78 is 0. The summed E-state index contributed by atoms with van der Waals surface area (Å²) in [5.41, 5.74) is 1.88. The van der Waals surface area contributed by atoms with E-state index in [4.69, 9.17) is 4.79 Å². The van der Waals surface area contributed by atoms with Gasteiger partial charge in [-0.15, -0.1) is 12.4 Å². The van der Waals surface area contributed by atoms with Gasteiger partial charge < -0.3 is 25.4 Å². The van der Waals surface area contributed by atoms with Gasteiger partial charge in [0.1, 0.15) is 18.3 Å². The summed E-state index contributed by atoms with van der Waals surface area (Å²) in [7, 11) is 0. The van der Waals surface area contributed by atoms with Crippen molar-refractivity contribution in [3.05, 3.63) is 59.7 Å². The molecule has 0 radical (unpaired) electrons. The van der Waals surface area contributed by atoms with Gasteiger partial charge in [-0.3, -0.25) is 0 Å². The second kappa shape index (κ2) is 11.6. The second-order valence-electron chi connectivity index (χ2n) is 6.65. The van der Waals surface area contributed by atoms with E-state index in [1.807, 2.05) is 12.9 Å². The summed E-state index contributed by atoms with van der Waals surface area (Å²) in [6.45, 7) is 2.00. The summed E-state index contributed by atoms with van der Waals surface area (Å²) >= 11 is 0. The molecule has 4 N–H and O–H groups in total. The van der Waals surface area contributed by atoms with Crippen LogP contribution in [0.25, 0.3) is 0 Å². The van der Waals surface area contributed by atoms with Gasteiger partial charge in [0, 0.05) is 18.2 Å². The smallest absolute Gasteiger partial charge is 0.119 e. The number of aromatic hydroxyl groups is 2. The van der Waals surface area contributed by atoms with Gasteiger partial charge in [0.15, 0.2) is 0 Å². The third-order valence-corrected chi connectivity index (χ3v) is 4.79. The minimum atomic E-state index is -0.734. The summed E-state index contributed by atoms with van der Waals surface area (Å²) in [6, 6.07) is 15.1. The molecule has 3 unspecified atom stereocenters. The molecular formula is C21H28ClNO4. The van der Waals surface area contributed by atoms with Gasteiger partial charge in [-0.1, -0.05) is 36.8 Å². The fourth-order valence-corrected chi connectivity index (χ4v) is 3.54. The quantitative estimate of drug-likeness (QED) is 0.624. The fourth-order valence-electron chi connectivity index (χ4n) is 3.54. The number of aliphatic hydroxyl groups excluding tert-OH is 1. The molecule has 2 aromatic rings. The number of aryl methyl sites for hydroxylation is 1. The van der Waals surface area contributed by atoms with E-state index in [1.165, 1.54) is 23.8 Å². The van der Waals surface area contributed by atoms with Crippen LogP contribution in [-0.4, -0.2) is 34.2 Å². The lowest BCUT2D eigenvalue weighted by atomic mass is 9.89. The highest BCUT2D eigenvalue weighted by Gasteiger charge is 2.27. The van der Waals surface area contributed by atoms with E-state index in [-0.39, 0.29) is 29.9 Å². The van der Waals surface area contributed by atoms with Crippen LogP contribution in [0.3, 0.4) is 0 Å². The van der Waals surface area contributed by atoms with Crippen molar-refractivity contribution in [1.29, 1.82) is 0 Å². The number of hydrogen-bond acceptors (Lipinski definition) is 5. The van der Waals surface area contributed by atoms with Gasteiger partial charge in [0.2, 0.25) is 0 Å². The van der Waals surface area contributed by atoms with Crippen molar-refractivity contribution in [3.8, 4) is 11.5 Å². The van der Waals surface area contributed by atoms with Crippen molar-refractivity contribution in [3.63, 3.8) is 0 Å². The molecule has 3 atom stereocenters. The largest absolute Gasteiger partial charge is 0.508 e. The standard InChI is InChI=1S/C20H25NO3.CH2O.ClH/c22-17-11-15(12-18(23)13-17)20(24)19-8-4-7-16(21-19)10-9-14-5-2-1-3-6-14;1-2;/h1-3,5-6,11-13,16,19-24H,4,7-10H2;1H2;1H. The van der Waals surface area contributed by atoms with Crippen LogP contribution >= 0.6 is 12.4 Å². The monoisotopic (exact) mass is 393 g/mol. The number of carbonyl (C=O) groups excluding carboxylic acids is 1. The maximum absolute atomic E-state index is 10.6. The van der Waals surface area contributed by atoms with Crippen LogP contribution in [0.5, 0.6) is 11.5 Å². The van der Waals surface area contributed by atoms with Crippen molar-refractivity contribution in [1.82, 2.24) is 5.32 Å². The summed E-state index contributed by atoms with van der Waals surface area (Å²) in [4.78, 5) is 8.00. The first kappa shape index (κ1) is 23.0. The fraction of sp³-hybridized carbons (Fsp3) is 0.381. The van der Waals surface area contributed by atoms with E-state index < -0.39 is 6.10 Å². The van der Waals surface area contributed by atoms with Gasteiger partial charge in [0.05, 0.1) is 6.10 Å². The van der Waals surface area contributed by atoms with Gasteiger partial charge in [-0.25, -0.2) is 0 Å². The average Bonchev–Trinajstić information content (AvgIpc) is 2.68. The number of phenolic OH excluding ortho intramolecular Hbond substituents is 2. The van der Waals surface area contributed by atoms with Crippen molar-refractivity contribution in [2.45, 2.75) is 50.3 Å². The Morgan fingerprint density at radius 3 is 2.30 bits per heavy atom. The lowest BCUT2D eigenvalue weighted by Crippen LogP contribution is -2.45. The van der Waals surface area contributed by atoms with Gasteiger partial charge in [-0.2, -0.15) is 0 Å². The van der Waals surface area contributed by atoms with E-state index in [9.17, 15) is 15.3 Å². The highest BCUT2D eigenvalue weighted by molar-refractivity contribution is 5.85. The molecule has 1 aliphatic rings. The number of aliphatic hydroxyl groups is 1. The minimum absolute atomic E-state index is 0. The number of nitrogens with one attached hydrogen (secondary N) is 1. The number of rotatable bonds is 5. The number of halogens is 1. The molecule has 148 valence electrons. The SMILES string of the molecule is C=O.Cl.Oc1cc(O)cc(C(O)C2CCCC(CCc3ccccc3)N2)c1. The maximum atomic E-state index is 10.6. The first-order valence-electron chi connectivity index (χ1n) is 8.91. The predicted molar refractivity (Wildman–Crippen MR) is 108 cm³/mol. The normalized spacial score (nSPS) is 19.9. The Morgan fingerprint density at radius 1 is 1.04 bits per heavy atom. The van der Waals surface area contributed by atoms with Gasteiger partial charge in [-0.05, 0) is 48.9 Å². The number of carbonyl (C=O) groups is 1. The third kappa shape index (κ3) is 6.86. The zero-order valence-corrected chi connectivity index (χ0v) is 16.1. The first-order chi connectivity index (χ1) is 12.6. The Morgan fingerprint density at radius 2 is 1.67 bits per heavy atom. The van der Waals surface area contributed by atoms with E-state index in [0.717, 1.165) is 32.1 Å². The number of phenols is 2.